The number of carbonyl (C=O) groups is 2. The molecule has 2 N–H and O–H groups in total. The second kappa shape index (κ2) is 9.74. The van der Waals surface area contributed by atoms with E-state index in [0.717, 1.165) is 0 Å². The molecule has 1 aromatic heterocycles. The van der Waals surface area contributed by atoms with Gasteiger partial charge in [-0.15, -0.1) is 0 Å². The highest BCUT2D eigenvalue weighted by Gasteiger charge is 2.12. The van der Waals surface area contributed by atoms with Crippen molar-refractivity contribution in [2.75, 3.05) is 32.7 Å². The van der Waals surface area contributed by atoms with Crippen molar-refractivity contribution in [3.63, 3.8) is 0 Å². The van der Waals surface area contributed by atoms with Crippen LogP contribution >= 0.6 is 11.6 Å². The number of halogens is 1. The summed E-state index contributed by atoms with van der Waals surface area (Å²) in [6.45, 7) is 1.02. The smallest absolute Gasteiger partial charge is 0.269 e. The summed E-state index contributed by atoms with van der Waals surface area (Å²) < 4.78 is 10.00. The van der Waals surface area contributed by atoms with Crippen molar-refractivity contribution in [3.05, 3.63) is 52.8 Å². The van der Waals surface area contributed by atoms with E-state index >= 15 is 0 Å². The van der Waals surface area contributed by atoms with Gasteiger partial charge >= 0.3 is 0 Å². The average Bonchev–Trinajstić information content (AvgIpc) is 2.65. The van der Waals surface area contributed by atoms with Crippen LogP contribution in [0.25, 0.3) is 0 Å². The van der Waals surface area contributed by atoms with Gasteiger partial charge in [0.1, 0.15) is 11.4 Å². The minimum absolute atomic E-state index is 0.169. The zero-order chi connectivity index (χ0) is 18.9. The number of pyridine rings is 1. The largest absolute Gasteiger partial charge is 0.495 e. The molecule has 0 aliphatic carbocycles. The number of ether oxygens (including phenoxy) is 2. The normalized spacial score (nSPS) is 10.3. The van der Waals surface area contributed by atoms with Crippen LogP contribution in [0.15, 0.2) is 36.5 Å². The van der Waals surface area contributed by atoms with Crippen molar-refractivity contribution in [2.24, 2.45) is 0 Å². The van der Waals surface area contributed by atoms with E-state index in [-0.39, 0.29) is 17.5 Å². The molecule has 138 valence electrons. The molecule has 0 radical (unpaired) electrons. The summed E-state index contributed by atoms with van der Waals surface area (Å²) in [5.74, 6) is -0.202. The van der Waals surface area contributed by atoms with E-state index in [9.17, 15) is 9.59 Å². The summed E-state index contributed by atoms with van der Waals surface area (Å²) >= 11 is 6.05. The van der Waals surface area contributed by atoms with Gasteiger partial charge in [0.05, 0.1) is 12.1 Å². The first kappa shape index (κ1) is 19.7. The number of anilines is 1. The predicted molar refractivity (Wildman–Crippen MR) is 99.0 cm³/mol. The van der Waals surface area contributed by atoms with Crippen LogP contribution in [0, 0.1) is 0 Å². The minimum Gasteiger partial charge on any atom is -0.495 e. The molecule has 0 saturated heterocycles. The van der Waals surface area contributed by atoms with Crippen molar-refractivity contribution in [3.8, 4) is 5.75 Å². The standard InChI is InChI=1S/C18H20ClN3O4/c1-25-9-3-7-21-18(24)15-10-12(6-8-20-15)17(23)22-13-4-5-16(26-2)14(19)11-13/h4-6,8,10-11H,3,7,9H2,1-2H3,(H,21,24)(H,22,23). The van der Waals surface area contributed by atoms with Crippen molar-refractivity contribution in [2.45, 2.75) is 6.42 Å². The Labute approximate surface area is 156 Å². The Kier molecular flexibility index (Phi) is 7.37. The summed E-state index contributed by atoms with van der Waals surface area (Å²) in [7, 11) is 3.11. The molecule has 2 aromatic rings. The maximum atomic E-state index is 12.4. The summed E-state index contributed by atoms with van der Waals surface area (Å²) in [6.07, 6.45) is 2.11. The molecule has 0 aliphatic rings. The van der Waals surface area contributed by atoms with Gasteiger partial charge in [-0.2, -0.15) is 0 Å². The third-order valence-electron chi connectivity index (χ3n) is 3.48. The van der Waals surface area contributed by atoms with Gasteiger partial charge in [0.25, 0.3) is 11.8 Å². The van der Waals surface area contributed by atoms with Crippen molar-refractivity contribution >= 4 is 29.1 Å². The molecular formula is C18H20ClN3O4. The first-order chi connectivity index (χ1) is 12.5. The van der Waals surface area contributed by atoms with Crippen LogP contribution in [-0.2, 0) is 4.74 Å². The number of amides is 2. The molecule has 0 unspecified atom stereocenters. The molecule has 2 amide bonds. The Morgan fingerprint density at radius 3 is 2.65 bits per heavy atom. The van der Waals surface area contributed by atoms with Crippen LogP contribution < -0.4 is 15.4 Å². The summed E-state index contributed by atoms with van der Waals surface area (Å²) in [5, 5.41) is 5.83. The van der Waals surface area contributed by atoms with Gasteiger partial charge in [0.15, 0.2) is 0 Å². The number of carbonyl (C=O) groups excluding carboxylic acids is 2. The zero-order valence-corrected chi connectivity index (χ0v) is 15.3. The molecule has 1 aromatic carbocycles. The molecule has 0 fully saturated rings. The molecule has 0 atom stereocenters. The third-order valence-corrected chi connectivity index (χ3v) is 3.77. The molecule has 2 rings (SSSR count). The Bertz CT molecular complexity index is 783. The molecule has 26 heavy (non-hydrogen) atoms. The van der Waals surface area contributed by atoms with Crippen molar-refractivity contribution in [1.29, 1.82) is 0 Å². The lowest BCUT2D eigenvalue weighted by molar-refractivity contribution is 0.0943. The highest BCUT2D eigenvalue weighted by molar-refractivity contribution is 6.32. The quantitative estimate of drug-likeness (QED) is 0.690. The number of nitrogens with one attached hydrogen (secondary N) is 2. The second-order valence-corrected chi connectivity index (χ2v) is 5.74. The third kappa shape index (κ3) is 5.44. The molecule has 7 nitrogen and oxygen atoms in total. The van der Waals surface area contributed by atoms with E-state index in [1.807, 2.05) is 0 Å². The van der Waals surface area contributed by atoms with Gasteiger partial charge in [-0.3, -0.25) is 14.6 Å². The first-order valence-corrected chi connectivity index (χ1v) is 8.31. The second-order valence-electron chi connectivity index (χ2n) is 5.34. The Balaban J connectivity index is 2.03. The van der Waals surface area contributed by atoms with Crippen LogP contribution in [0.3, 0.4) is 0 Å². The van der Waals surface area contributed by atoms with E-state index in [1.165, 1.54) is 25.4 Å². The number of hydrogen-bond donors (Lipinski definition) is 2. The highest BCUT2D eigenvalue weighted by atomic mass is 35.5. The lowest BCUT2D eigenvalue weighted by Crippen LogP contribution is -2.26. The fourth-order valence-corrected chi connectivity index (χ4v) is 2.41. The molecule has 1 heterocycles. The maximum absolute atomic E-state index is 12.4. The number of benzene rings is 1. The van der Waals surface area contributed by atoms with Gasteiger partial charge in [0, 0.05) is 37.7 Å². The van der Waals surface area contributed by atoms with E-state index in [0.29, 0.717) is 41.6 Å². The van der Waals surface area contributed by atoms with Gasteiger partial charge in [0.2, 0.25) is 0 Å². The predicted octanol–water partition coefficient (Wildman–Crippen LogP) is 2.76. The Hall–Kier alpha value is -2.64. The van der Waals surface area contributed by atoms with E-state index in [4.69, 9.17) is 21.1 Å². The number of nitrogens with zero attached hydrogens (tertiary/aromatic N) is 1. The van der Waals surface area contributed by atoms with Crippen molar-refractivity contribution < 1.29 is 19.1 Å². The fraction of sp³-hybridized carbons (Fsp3) is 0.278. The lowest BCUT2D eigenvalue weighted by Gasteiger charge is -2.09. The number of rotatable bonds is 8. The molecular weight excluding hydrogens is 358 g/mol. The van der Waals surface area contributed by atoms with E-state index in [1.54, 1.807) is 25.3 Å². The van der Waals surface area contributed by atoms with E-state index in [2.05, 4.69) is 15.6 Å². The summed E-state index contributed by atoms with van der Waals surface area (Å²) in [5.41, 5.74) is 1.000. The topological polar surface area (TPSA) is 89.5 Å². The molecule has 0 spiro atoms. The number of aromatic nitrogens is 1. The van der Waals surface area contributed by atoms with Gasteiger partial charge in [-0.05, 0) is 36.8 Å². The van der Waals surface area contributed by atoms with Gasteiger partial charge in [-0.1, -0.05) is 11.6 Å². The molecule has 8 heteroatoms. The first-order valence-electron chi connectivity index (χ1n) is 7.93. The van der Waals surface area contributed by atoms with Crippen LogP contribution in [0.4, 0.5) is 5.69 Å². The van der Waals surface area contributed by atoms with Gasteiger partial charge < -0.3 is 20.1 Å². The van der Waals surface area contributed by atoms with Crippen LogP contribution in [-0.4, -0.2) is 44.2 Å². The highest BCUT2D eigenvalue weighted by Crippen LogP contribution is 2.27. The van der Waals surface area contributed by atoms with E-state index < -0.39 is 0 Å². The zero-order valence-electron chi connectivity index (χ0n) is 14.5. The maximum Gasteiger partial charge on any atom is 0.269 e. The van der Waals surface area contributed by atoms with Crippen LogP contribution in [0.5, 0.6) is 5.75 Å². The number of methoxy groups -OCH3 is 2. The van der Waals surface area contributed by atoms with Crippen molar-refractivity contribution in [1.82, 2.24) is 10.3 Å². The average molecular weight is 378 g/mol. The Morgan fingerprint density at radius 1 is 1.15 bits per heavy atom. The van der Waals surface area contributed by atoms with Crippen LogP contribution in [0.2, 0.25) is 5.02 Å². The SMILES string of the molecule is COCCCNC(=O)c1cc(C(=O)Nc2ccc(OC)c(Cl)c2)ccn1. The fourth-order valence-electron chi connectivity index (χ4n) is 2.15. The summed E-state index contributed by atoms with van der Waals surface area (Å²) in [6, 6.07) is 7.88. The van der Waals surface area contributed by atoms with Crippen LogP contribution in [0.1, 0.15) is 27.3 Å². The lowest BCUT2D eigenvalue weighted by atomic mass is 10.2. The monoisotopic (exact) mass is 377 g/mol. The Morgan fingerprint density at radius 2 is 1.96 bits per heavy atom. The summed E-state index contributed by atoms with van der Waals surface area (Å²) in [4.78, 5) is 28.5. The minimum atomic E-state index is -0.373. The van der Waals surface area contributed by atoms with Gasteiger partial charge in [-0.25, -0.2) is 0 Å². The molecule has 0 saturated carbocycles. The molecule has 0 bridgehead atoms. The number of hydrogen-bond acceptors (Lipinski definition) is 5. The molecule has 0 aliphatic heterocycles.